The van der Waals surface area contributed by atoms with E-state index in [0.717, 1.165) is 16.8 Å². The highest BCUT2D eigenvalue weighted by atomic mass is 32.2. The zero-order valence-electron chi connectivity index (χ0n) is 16.4. The molecule has 1 N–H and O–H groups in total. The smallest absolute Gasteiger partial charge is 0.241 e. The molecule has 1 atom stereocenters. The van der Waals surface area contributed by atoms with Crippen LogP contribution in [0.4, 0.5) is 5.69 Å². The predicted octanol–water partition coefficient (Wildman–Crippen LogP) is 2.40. The van der Waals surface area contributed by atoms with Crippen molar-refractivity contribution in [3.63, 3.8) is 0 Å². The molecule has 1 heterocycles. The highest BCUT2D eigenvalue weighted by Gasteiger charge is 2.34. The average Bonchev–Trinajstić information content (AvgIpc) is 3.02. The predicted molar refractivity (Wildman–Crippen MR) is 107 cm³/mol. The van der Waals surface area contributed by atoms with Crippen LogP contribution in [0.15, 0.2) is 41.3 Å². The molecule has 0 radical (unpaired) electrons. The SMILES string of the molecule is COc1ccc(S(=O)(=O)N[C@H]2CC(=O)N(c3ccc(C)c(C)c3)C2)cc1OC. The molecule has 1 fully saturated rings. The van der Waals surface area contributed by atoms with Crippen molar-refractivity contribution in [3.05, 3.63) is 47.5 Å². The Hall–Kier alpha value is -2.58. The molecule has 2 aromatic rings. The molecule has 0 aliphatic carbocycles. The summed E-state index contributed by atoms with van der Waals surface area (Å²) in [6.07, 6.45) is 0.111. The maximum absolute atomic E-state index is 12.8. The van der Waals surface area contributed by atoms with Gasteiger partial charge in [-0.05, 0) is 49.2 Å². The Kier molecular flexibility index (Phi) is 5.62. The Bertz CT molecular complexity index is 1000. The summed E-state index contributed by atoms with van der Waals surface area (Å²) >= 11 is 0. The van der Waals surface area contributed by atoms with Crippen molar-refractivity contribution in [2.24, 2.45) is 0 Å². The van der Waals surface area contributed by atoms with Crippen molar-refractivity contribution < 1.29 is 22.7 Å². The van der Waals surface area contributed by atoms with E-state index in [2.05, 4.69) is 4.72 Å². The number of amides is 1. The summed E-state index contributed by atoms with van der Waals surface area (Å²) in [6.45, 7) is 4.27. The van der Waals surface area contributed by atoms with Crippen LogP contribution < -0.4 is 19.1 Å². The molecule has 2 aromatic carbocycles. The first kappa shape index (κ1) is 20.2. The van der Waals surface area contributed by atoms with Crippen LogP contribution in [0.5, 0.6) is 11.5 Å². The third-order valence-corrected chi connectivity index (χ3v) is 6.43. The van der Waals surface area contributed by atoms with Crippen LogP contribution in [0, 0.1) is 13.8 Å². The molecule has 0 saturated carbocycles. The van der Waals surface area contributed by atoms with E-state index in [0.29, 0.717) is 11.5 Å². The number of ether oxygens (including phenoxy) is 2. The zero-order chi connectivity index (χ0) is 20.5. The molecule has 28 heavy (non-hydrogen) atoms. The van der Waals surface area contributed by atoms with Gasteiger partial charge in [0.25, 0.3) is 0 Å². The summed E-state index contributed by atoms with van der Waals surface area (Å²) in [5, 5.41) is 0. The van der Waals surface area contributed by atoms with Crippen LogP contribution in [0.2, 0.25) is 0 Å². The van der Waals surface area contributed by atoms with E-state index in [1.165, 1.54) is 32.4 Å². The first-order valence-corrected chi connectivity index (χ1v) is 10.4. The summed E-state index contributed by atoms with van der Waals surface area (Å²) in [5.41, 5.74) is 3.00. The van der Waals surface area contributed by atoms with Crippen molar-refractivity contribution in [1.29, 1.82) is 0 Å². The first-order valence-electron chi connectivity index (χ1n) is 8.87. The number of methoxy groups -OCH3 is 2. The Morgan fingerprint density at radius 3 is 2.36 bits per heavy atom. The zero-order valence-corrected chi connectivity index (χ0v) is 17.2. The van der Waals surface area contributed by atoms with Crippen LogP contribution in [-0.2, 0) is 14.8 Å². The largest absolute Gasteiger partial charge is 0.493 e. The molecule has 1 aliphatic rings. The molecule has 8 heteroatoms. The molecule has 1 amide bonds. The standard InChI is InChI=1S/C20H24N2O5S/c1-13-5-6-16(9-14(13)2)22-12-15(10-20(22)23)21-28(24,25)17-7-8-18(26-3)19(11-17)27-4/h5-9,11,15,21H,10,12H2,1-4H3/t15-/m0/s1. The minimum Gasteiger partial charge on any atom is -0.493 e. The maximum atomic E-state index is 12.8. The number of carbonyl (C=O) groups is 1. The van der Waals surface area contributed by atoms with E-state index in [1.807, 2.05) is 32.0 Å². The van der Waals surface area contributed by atoms with Crippen molar-refractivity contribution >= 4 is 21.6 Å². The van der Waals surface area contributed by atoms with Gasteiger partial charge >= 0.3 is 0 Å². The van der Waals surface area contributed by atoms with Gasteiger partial charge in [0.2, 0.25) is 15.9 Å². The van der Waals surface area contributed by atoms with E-state index in [9.17, 15) is 13.2 Å². The van der Waals surface area contributed by atoms with Crippen LogP contribution >= 0.6 is 0 Å². The Morgan fingerprint density at radius 1 is 1.00 bits per heavy atom. The second-order valence-corrected chi connectivity index (χ2v) is 8.53. The van der Waals surface area contributed by atoms with Gasteiger partial charge in [0.1, 0.15) is 0 Å². The van der Waals surface area contributed by atoms with Crippen molar-refractivity contribution in [2.45, 2.75) is 31.2 Å². The number of benzene rings is 2. The number of nitrogens with one attached hydrogen (secondary N) is 1. The molecule has 3 rings (SSSR count). The normalized spacial score (nSPS) is 17.1. The van der Waals surface area contributed by atoms with Gasteiger partial charge in [-0.25, -0.2) is 13.1 Å². The number of carbonyl (C=O) groups excluding carboxylic acids is 1. The van der Waals surface area contributed by atoms with E-state index in [-0.39, 0.29) is 23.8 Å². The molecule has 7 nitrogen and oxygen atoms in total. The summed E-state index contributed by atoms with van der Waals surface area (Å²) < 4.78 is 38.5. The van der Waals surface area contributed by atoms with Crippen LogP contribution in [-0.4, -0.2) is 41.1 Å². The van der Waals surface area contributed by atoms with Gasteiger partial charge in [-0.2, -0.15) is 0 Å². The highest BCUT2D eigenvalue weighted by Crippen LogP contribution is 2.30. The molecule has 0 bridgehead atoms. The Balaban J connectivity index is 1.78. The molecule has 1 saturated heterocycles. The minimum absolute atomic E-state index is 0.0576. The molecule has 0 aromatic heterocycles. The van der Waals surface area contributed by atoms with E-state index in [1.54, 1.807) is 4.90 Å². The third kappa shape index (κ3) is 3.98. The van der Waals surface area contributed by atoms with Gasteiger partial charge in [0.15, 0.2) is 11.5 Å². The maximum Gasteiger partial charge on any atom is 0.241 e. The van der Waals surface area contributed by atoms with E-state index in [4.69, 9.17) is 9.47 Å². The molecule has 0 spiro atoms. The topological polar surface area (TPSA) is 84.9 Å². The lowest BCUT2D eigenvalue weighted by Crippen LogP contribution is -2.37. The number of rotatable bonds is 6. The minimum atomic E-state index is -3.81. The molecular formula is C20H24N2O5S. The highest BCUT2D eigenvalue weighted by molar-refractivity contribution is 7.89. The van der Waals surface area contributed by atoms with Gasteiger partial charge in [-0.15, -0.1) is 0 Å². The summed E-state index contributed by atoms with van der Waals surface area (Å²) in [5.74, 6) is 0.659. The number of sulfonamides is 1. The second-order valence-electron chi connectivity index (χ2n) is 6.81. The van der Waals surface area contributed by atoms with Crippen molar-refractivity contribution in [2.75, 3.05) is 25.7 Å². The third-order valence-electron chi connectivity index (χ3n) is 4.91. The van der Waals surface area contributed by atoms with Gasteiger partial charge in [-0.3, -0.25) is 4.79 Å². The molecule has 0 unspecified atom stereocenters. The van der Waals surface area contributed by atoms with Gasteiger partial charge in [0.05, 0.1) is 19.1 Å². The van der Waals surface area contributed by atoms with Gasteiger partial charge < -0.3 is 14.4 Å². The lowest BCUT2D eigenvalue weighted by atomic mass is 10.1. The average molecular weight is 404 g/mol. The number of anilines is 1. The fraction of sp³-hybridized carbons (Fsp3) is 0.350. The fourth-order valence-corrected chi connectivity index (χ4v) is 4.44. The number of nitrogens with zero attached hydrogens (tertiary/aromatic N) is 1. The lowest BCUT2D eigenvalue weighted by molar-refractivity contribution is -0.117. The summed E-state index contributed by atoms with van der Waals surface area (Å²) in [7, 11) is -0.884. The van der Waals surface area contributed by atoms with Crippen LogP contribution in [0.25, 0.3) is 0 Å². The lowest BCUT2D eigenvalue weighted by Gasteiger charge is -2.18. The number of hydrogen-bond donors (Lipinski definition) is 1. The molecule has 150 valence electrons. The second kappa shape index (κ2) is 7.81. The number of hydrogen-bond acceptors (Lipinski definition) is 5. The number of aryl methyl sites for hydroxylation is 2. The summed E-state index contributed by atoms with van der Waals surface area (Å²) in [6, 6.07) is 9.66. The summed E-state index contributed by atoms with van der Waals surface area (Å²) in [4.78, 5) is 14.1. The fourth-order valence-electron chi connectivity index (χ4n) is 3.20. The van der Waals surface area contributed by atoms with E-state index < -0.39 is 16.1 Å². The van der Waals surface area contributed by atoms with Crippen LogP contribution in [0.1, 0.15) is 17.5 Å². The van der Waals surface area contributed by atoms with Crippen molar-refractivity contribution in [3.8, 4) is 11.5 Å². The van der Waals surface area contributed by atoms with E-state index >= 15 is 0 Å². The Morgan fingerprint density at radius 2 is 1.71 bits per heavy atom. The Labute approximate surface area is 165 Å². The molecular weight excluding hydrogens is 380 g/mol. The quantitative estimate of drug-likeness (QED) is 0.799. The van der Waals surface area contributed by atoms with Crippen LogP contribution in [0.3, 0.4) is 0 Å². The van der Waals surface area contributed by atoms with Gasteiger partial charge in [0, 0.05) is 30.8 Å². The monoisotopic (exact) mass is 404 g/mol. The van der Waals surface area contributed by atoms with Crippen molar-refractivity contribution in [1.82, 2.24) is 4.72 Å². The van der Waals surface area contributed by atoms with Gasteiger partial charge in [-0.1, -0.05) is 6.07 Å². The first-order chi connectivity index (χ1) is 13.2. The molecule has 1 aliphatic heterocycles.